The molecular formula is C4H10N2. The zero-order valence-electron chi connectivity index (χ0n) is 4.02. The molecule has 0 unspecified atom stereocenters. The van der Waals surface area contributed by atoms with E-state index in [0.717, 1.165) is 12.8 Å². The zero-order chi connectivity index (χ0) is 4.83. The van der Waals surface area contributed by atoms with Gasteiger partial charge in [-0.2, -0.15) is 5.10 Å². The van der Waals surface area contributed by atoms with Gasteiger partial charge in [-0.1, -0.05) is 13.3 Å². The molecule has 0 saturated heterocycles. The second-order valence-corrected chi connectivity index (χ2v) is 1.12. The summed E-state index contributed by atoms with van der Waals surface area (Å²) in [7, 11) is 0. The van der Waals surface area contributed by atoms with Crippen LogP contribution >= 0.6 is 0 Å². The predicted molar refractivity (Wildman–Crippen MR) is 27.6 cm³/mol. The largest absolute Gasteiger partial charge is 0.324 e. The van der Waals surface area contributed by atoms with Crippen LogP contribution in [0.2, 0.25) is 0 Å². The molecule has 0 aromatic heterocycles. The van der Waals surface area contributed by atoms with E-state index >= 15 is 0 Å². The van der Waals surface area contributed by atoms with Gasteiger partial charge in [0.1, 0.15) is 0 Å². The van der Waals surface area contributed by atoms with Crippen LogP contribution in [0.5, 0.6) is 0 Å². The van der Waals surface area contributed by atoms with E-state index in [9.17, 15) is 0 Å². The van der Waals surface area contributed by atoms with Crippen molar-refractivity contribution in [2.75, 3.05) is 0 Å². The summed E-state index contributed by atoms with van der Waals surface area (Å²) in [6, 6.07) is 0. The highest BCUT2D eigenvalue weighted by molar-refractivity contribution is 5.56. The molecule has 2 N–H and O–H groups in total. The third-order valence-electron chi connectivity index (χ3n) is 0.523. The van der Waals surface area contributed by atoms with Crippen molar-refractivity contribution in [3.05, 3.63) is 0 Å². The maximum Gasteiger partial charge on any atom is 0.0240 e. The number of unbranched alkanes of at least 4 members (excludes halogenated alkanes) is 1. The Morgan fingerprint density at radius 1 is 1.83 bits per heavy atom. The Morgan fingerprint density at radius 3 is 2.67 bits per heavy atom. The van der Waals surface area contributed by atoms with Gasteiger partial charge in [-0.15, -0.1) is 0 Å². The topological polar surface area (TPSA) is 38.4 Å². The fourth-order valence-electron chi connectivity index (χ4n) is 0.204. The van der Waals surface area contributed by atoms with Crippen LogP contribution in [0, 0.1) is 0 Å². The lowest BCUT2D eigenvalue weighted by molar-refractivity contribution is 1.00. The number of hydrogen-bond donors (Lipinski definition) is 1. The Bertz CT molecular complexity index is 40.8. The highest BCUT2D eigenvalue weighted by Gasteiger charge is 1.66. The van der Waals surface area contributed by atoms with E-state index in [0.29, 0.717) is 0 Å². The zero-order valence-corrected chi connectivity index (χ0v) is 4.02. The normalized spacial score (nSPS) is 10.2. The molecule has 0 bridgehead atoms. The maximum atomic E-state index is 4.78. The number of nitrogens with zero attached hydrogens (tertiary/aromatic N) is 1. The van der Waals surface area contributed by atoms with Gasteiger partial charge < -0.3 is 5.84 Å². The molecule has 0 heterocycles. The van der Waals surface area contributed by atoms with Crippen LogP contribution < -0.4 is 5.84 Å². The number of rotatable bonds is 2. The van der Waals surface area contributed by atoms with Gasteiger partial charge in [0.2, 0.25) is 0 Å². The first-order valence-corrected chi connectivity index (χ1v) is 2.13. The van der Waals surface area contributed by atoms with Crippen LogP contribution in [0.25, 0.3) is 0 Å². The van der Waals surface area contributed by atoms with Gasteiger partial charge in [-0.05, 0) is 6.42 Å². The molecule has 0 fully saturated rings. The highest BCUT2D eigenvalue weighted by atomic mass is 15.1. The molecule has 2 nitrogen and oxygen atoms in total. The molecule has 0 rings (SSSR count). The molecule has 0 amide bonds. The number of hydrogen-bond acceptors (Lipinski definition) is 2. The minimum Gasteiger partial charge on any atom is -0.324 e. The lowest BCUT2D eigenvalue weighted by Gasteiger charge is -1.75. The molecule has 0 radical (unpaired) electrons. The third-order valence-corrected chi connectivity index (χ3v) is 0.523. The van der Waals surface area contributed by atoms with Crippen molar-refractivity contribution >= 4 is 6.21 Å². The van der Waals surface area contributed by atoms with E-state index in [2.05, 4.69) is 12.0 Å². The molecule has 0 saturated carbocycles. The van der Waals surface area contributed by atoms with Crippen LogP contribution in [0.15, 0.2) is 5.10 Å². The minimum absolute atomic E-state index is 0.997. The van der Waals surface area contributed by atoms with Crippen LogP contribution in [0.1, 0.15) is 19.8 Å². The van der Waals surface area contributed by atoms with Crippen molar-refractivity contribution in [3.63, 3.8) is 0 Å². The van der Waals surface area contributed by atoms with E-state index in [-0.39, 0.29) is 0 Å². The van der Waals surface area contributed by atoms with Gasteiger partial charge in [0.05, 0.1) is 0 Å². The first-order valence-electron chi connectivity index (χ1n) is 2.13. The van der Waals surface area contributed by atoms with Gasteiger partial charge in [-0.3, -0.25) is 0 Å². The maximum absolute atomic E-state index is 4.78. The average Bonchev–Trinajstić information content (AvgIpc) is 1.61. The lowest BCUT2D eigenvalue weighted by atomic mass is 10.4. The molecule has 0 aliphatic carbocycles. The van der Waals surface area contributed by atoms with Crippen molar-refractivity contribution in [3.8, 4) is 0 Å². The molecule has 36 valence electrons. The fourth-order valence-corrected chi connectivity index (χ4v) is 0.204. The summed E-state index contributed by atoms with van der Waals surface area (Å²) in [4.78, 5) is 0. The van der Waals surface area contributed by atoms with Gasteiger partial charge in [0.15, 0.2) is 0 Å². The number of hydrazone groups is 1. The number of nitrogens with two attached hydrogens (primary N) is 1. The summed E-state index contributed by atoms with van der Waals surface area (Å²) >= 11 is 0. The summed E-state index contributed by atoms with van der Waals surface area (Å²) in [5, 5.41) is 3.30. The van der Waals surface area contributed by atoms with Crippen molar-refractivity contribution in [2.45, 2.75) is 19.8 Å². The Balaban J connectivity index is 2.66. The first kappa shape index (κ1) is 5.47. The molecule has 6 heavy (non-hydrogen) atoms. The van der Waals surface area contributed by atoms with Gasteiger partial charge in [0.25, 0.3) is 0 Å². The van der Waals surface area contributed by atoms with E-state index in [1.807, 2.05) is 0 Å². The van der Waals surface area contributed by atoms with E-state index in [1.54, 1.807) is 6.21 Å². The van der Waals surface area contributed by atoms with Crippen LogP contribution in [0.3, 0.4) is 0 Å². The molecule has 0 aromatic carbocycles. The van der Waals surface area contributed by atoms with E-state index < -0.39 is 0 Å². The molecule has 0 aliphatic heterocycles. The second kappa shape index (κ2) is 4.47. The molecule has 0 atom stereocenters. The molecule has 0 spiro atoms. The molecular weight excluding hydrogens is 76.1 g/mol. The van der Waals surface area contributed by atoms with Crippen LogP contribution in [-0.4, -0.2) is 6.21 Å². The summed E-state index contributed by atoms with van der Waals surface area (Å²) in [6.45, 7) is 2.08. The Labute approximate surface area is 38.0 Å². The van der Waals surface area contributed by atoms with Crippen molar-refractivity contribution in [2.24, 2.45) is 10.9 Å². The molecule has 0 aliphatic rings. The summed E-state index contributed by atoms with van der Waals surface area (Å²) in [6.07, 6.45) is 3.83. The van der Waals surface area contributed by atoms with Crippen molar-refractivity contribution < 1.29 is 0 Å². The van der Waals surface area contributed by atoms with Crippen molar-refractivity contribution in [1.82, 2.24) is 0 Å². The summed E-state index contributed by atoms with van der Waals surface area (Å²) in [5.74, 6) is 4.78. The van der Waals surface area contributed by atoms with Gasteiger partial charge in [0, 0.05) is 6.21 Å². The third kappa shape index (κ3) is 3.47. The highest BCUT2D eigenvalue weighted by Crippen LogP contribution is 1.76. The Morgan fingerprint density at radius 2 is 2.50 bits per heavy atom. The van der Waals surface area contributed by atoms with Gasteiger partial charge in [-0.25, -0.2) is 0 Å². The summed E-state index contributed by atoms with van der Waals surface area (Å²) < 4.78 is 0. The lowest BCUT2D eigenvalue weighted by Crippen LogP contribution is -1.80. The quantitative estimate of drug-likeness (QED) is 0.300. The smallest absolute Gasteiger partial charge is 0.0240 e. The van der Waals surface area contributed by atoms with Crippen LogP contribution in [-0.2, 0) is 0 Å². The molecule has 0 aromatic rings. The predicted octanol–water partition coefficient (Wildman–Crippen LogP) is 0.731. The minimum atomic E-state index is 0.997. The van der Waals surface area contributed by atoms with Gasteiger partial charge >= 0.3 is 0 Å². The Kier molecular flexibility index (Phi) is 4.08. The fraction of sp³-hybridized carbons (Fsp3) is 0.750. The average molecular weight is 86.1 g/mol. The SMILES string of the molecule is CCC/C=N\N. The first-order chi connectivity index (χ1) is 2.91. The summed E-state index contributed by atoms with van der Waals surface area (Å²) in [5.41, 5.74) is 0. The van der Waals surface area contributed by atoms with Crippen LogP contribution in [0.4, 0.5) is 0 Å². The standard InChI is InChI=1S/C4H10N2/c1-2-3-4-6-5/h4H,2-3,5H2,1H3/b6-4-. The Hall–Kier alpha value is -0.530. The monoisotopic (exact) mass is 86.1 g/mol. The van der Waals surface area contributed by atoms with Crippen molar-refractivity contribution in [1.29, 1.82) is 0 Å². The van der Waals surface area contributed by atoms with E-state index in [4.69, 9.17) is 5.84 Å². The second-order valence-electron chi connectivity index (χ2n) is 1.12. The van der Waals surface area contributed by atoms with E-state index in [1.165, 1.54) is 0 Å². The molecule has 2 heteroatoms.